The molecule has 0 saturated heterocycles. The molecule has 0 bridgehead atoms. The highest BCUT2D eigenvalue weighted by molar-refractivity contribution is 5.56. The first-order valence-electron chi connectivity index (χ1n) is 6.14. The quantitative estimate of drug-likeness (QED) is 0.818. The van der Waals surface area contributed by atoms with Crippen LogP contribution in [-0.4, -0.2) is 6.54 Å². The van der Waals surface area contributed by atoms with Crippen LogP contribution in [-0.2, 0) is 0 Å². The summed E-state index contributed by atoms with van der Waals surface area (Å²) in [4.78, 5) is 0. The van der Waals surface area contributed by atoms with E-state index in [1.807, 2.05) is 18.2 Å². The number of rotatable bonds is 4. The Morgan fingerprint density at radius 3 is 2.33 bits per heavy atom. The van der Waals surface area contributed by atoms with Gasteiger partial charge < -0.3 is 5.32 Å². The Hall–Kier alpha value is -2.00. The van der Waals surface area contributed by atoms with Crippen molar-refractivity contribution >= 4 is 5.69 Å². The van der Waals surface area contributed by atoms with Gasteiger partial charge in [-0.05, 0) is 36.5 Å². The van der Waals surface area contributed by atoms with E-state index in [0.717, 1.165) is 25.1 Å². The molecule has 3 heteroatoms. The SMILES string of the molecule is CC(C)(C)CCCNc1ccc(C#N)c(C#N)c1. The van der Waals surface area contributed by atoms with Crippen molar-refractivity contribution in [2.24, 2.45) is 5.41 Å². The van der Waals surface area contributed by atoms with E-state index in [-0.39, 0.29) is 0 Å². The Kier molecular flexibility index (Phi) is 4.75. The third kappa shape index (κ3) is 4.47. The largest absolute Gasteiger partial charge is 0.385 e. The number of nitrogens with zero attached hydrogens (tertiary/aromatic N) is 2. The molecule has 0 fully saturated rings. The van der Waals surface area contributed by atoms with Gasteiger partial charge >= 0.3 is 0 Å². The number of nitrogens with one attached hydrogen (secondary N) is 1. The summed E-state index contributed by atoms with van der Waals surface area (Å²) < 4.78 is 0. The van der Waals surface area contributed by atoms with Crippen LogP contribution in [0, 0.1) is 28.1 Å². The number of benzene rings is 1. The summed E-state index contributed by atoms with van der Waals surface area (Å²) in [6.07, 6.45) is 2.24. The van der Waals surface area contributed by atoms with Crippen molar-refractivity contribution in [3.63, 3.8) is 0 Å². The molecular formula is C15H19N3. The van der Waals surface area contributed by atoms with E-state index in [0.29, 0.717) is 16.5 Å². The van der Waals surface area contributed by atoms with E-state index in [4.69, 9.17) is 10.5 Å². The summed E-state index contributed by atoms with van der Waals surface area (Å²) in [6.45, 7) is 7.56. The van der Waals surface area contributed by atoms with Gasteiger partial charge in [0.25, 0.3) is 0 Å². The highest BCUT2D eigenvalue weighted by Gasteiger charge is 2.09. The predicted octanol–water partition coefficient (Wildman–Crippen LogP) is 3.67. The molecule has 0 aliphatic carbocycles. The van der Waals surface area contributed by atoms with Gasteiger partial charge in [-0.3, -0.25) is 0 Å². The van der Waals surface area contributed by atoms with Crippen molar-refractivity contribution in [1.29, 1.82) is 10.5 Å². The van der Waals surface area contributed by atoms with Crippen molar-refractivity contribution in [2.75, 3.05) is 11.9 Å². The fraction of sp³-hybridized carbons (Fsp3) is 0.467. The minimum atomic E-state index is 0.351. The highest BCUT2D eigenvalue weighted by Crippen LogP contribution is 2.21. The van der Waals surface area contributed by atoms with E-state index in [1.165, 1.54) is 0 Å². The van der Waals surface area contributed by atoms with Gasteiger partial charge in [-0.1, -0.05) is 20.8 Å². The lowest BCUT2D eigenvalue weighted by atomic mass is 9.91. The van der Waals surface area contributed by atoms with Gasteiger partial charge in [0.2, 0.25) is 0 Å². The van der Waals surface area contributed by atoms with Gasteiger partial charge in [0.1, 0.15) is 12.1 Å². The average molecular weight is 241 g/mol. The van der Waals surface area contributed by atoms with Crippen molar-refractivity contribution in [3.8, 4) is 12.1 Å². The van der Waals surface area contributed by atoms with Crippen LogP contribution in [0.5, 0.6) is 0 Å². The van der Waals surface area contributed by atoms with Crippen molar-refractivity contribution in [2.45, 2.75) is 33.6 Å². The van der Waals surface area contributed by atoms with Gasteiger partial charge in [0, 0.05) is 12.2 Å². The van der Waals surface area contributed by atoms with Gasteiger partial charge in [-0.15, -0.1) is 0 Å². The molecule has 0 amide bonds. The Balaban J connectivity index is 2.55. The molecule has 0 atom stereocenters. The standard InChI is InChI=1S/C15H19N3/c1-15(2,3)7-4-8-18-14-6-5-12(10-16)13(9-14)11-17/h5-6,9,18H,4,7-8H2,1-3H3. The summed E-state index contributed by atoms with van der Waals surface area (Å²) in [5, 5.41) is 21.0. The summed E-state index contributed by atoms with van der Waals surface area (Å²) >= 11 is 0. The number of hydrogen-bond donors (Lipinski definition) is 1. The van der Waals surface area contributed by atoms with E-state index in [1.54, 1.807) is 12.1 Å². The molecule has 1 rings (SSSR count). The topological polar surface area (TPSA) is 59.6 Å². The van der Waals surface area contributed by atoms with Crippen LogP contribution in [0.4, 0.5) is 5.69 Å². The first-order chi connectivity index (χ1) is 8.46. The van der Waals surface area contributed by atoms with Gasteiger partial charge in [0.15, 0.2) is 0 Å². The molecule has 18 heavy (non-hydrogen) atoms. The zero-order chi connectivity index (χ0) is 13.6. The number of hydrogen-bond acceptors (Lipinski definition) is 3. The molecule has 1 N–H and O–H groups in total. The number of anilines is 1. The van der Waals surface area contributed by atoms with Crippen molar-refractivity contribution in [1.82, 2.24) is 0 Å². The van der Waals surface area contributed by atoms with Crippen LogP contribution in [0.25, 0.3) is 0 Å². The Morgan fingerprint density at radius 2 is 1.78 bits per heavy atom. The summed E-state index contributed by atoms with van der Waals surface area (Å²) in [7, 11) is 0. The molecule has 0 spiro atoms. The lowest BCUT2D eigenvalue weighted by Crippen LogP contribution is -2.09. The summed E-state index contributed by atoms with van der Waals surface area (Å²) in [5.74, 6) is 0. The van der Waals surface area contributed by atoms with Gasteiger partial charge in [-0.25, -0.2) is 0 Å². The monoisotopic (exact) mass is 241 g/mol. The molecule has 0 saturated carbocycles. The fourth-order valence-electron chi connectivity index (χ4n) is 1.70. The average Bonchev–Trinajstić information content (AvgIpc) is 2.33. The highest BCUT2D eigenvalue weighted by atomic mass is 14.9. The molecule has 94 valence electrons. The molecule has 0 aliphatic rings. The van der Waals surface area contributed by atoms with Gasteiger partial charge in [-0.2, -0.15) is 10.5 Å². The van der Waals surface area contributed by atoms with Crippen molar-refractivity contribution < 1.29 is 0 Å². The van der Waals surface area contributed by atoms with Crippen LogP contribution in [0.3, 0.4) is 0 Å². The lowest BCUT2D eigenvalue weighted by molar-refractivity contribution is 0.370. The van der Waals surface area contributed by atoms with Crippen molar-refractivity contribution in [3.05, 3.63) is 29.3 Å². The maximum Gasteiger partial charge on any atom is 0.101 e. The number of nitriles is 2. The Labute approximate surface area is 109 Å². The predicted molar refractivity (Wildman–Crippen MR) is 73.1 cm³/mol. The van der Waals surface area contributed by atoms with Crippen LogP contribution < -0.4 is 5.32 Å². The molecule has 0 aliphatic heterocycles. The maximum atomic E-state index is 8.92. The second kappa shape index (κ2) is 6.07. The third-order valence-electron chi connectivity index (χ3n) is 2.69. The molecule has 0 aromatic heterocycles. The minimum absolute atomic E-state index is 0.351. The lowest BCUT2D eigenvalue weighted by Gasteiger charge is -2.18. The zero-order valence-corrected chi connectivity index (χ0v) is 11.2. The summed E-state index contributed by atoms with van der Waals surface area (Å²) in [6, 6.07) is 9.31. The minimum Gasteiger partial charge on any atom is -0.385 e. The summed E-state index contributed by atoms with van der Waals surface area (Å²) in [5.41, 5.74) is 2.11. The third-order valence-corrected chi connectivity index (χ3v) is 2.69. The van der Waals surface area contributed by atoms with Crippen LogP contribution in [0.1, 0.15) is 44.7 Å². The van der Waals surface area contributed by atoms with E-state index in [9.17, 15) is 0 Å². The van der Waals surface area contributed by atoms with E-state index < -0.39 is 0 Å². The molecule has 1 aromatic rings. The van der Waals surface area contributed by atoms with Crippen LogP contribution in [0.15, 0.2) is 18.2 Å². The normalized spacial score (nSPS) is 10.5. The fourth-order valence-corrected chi connectivity index (χ4v) is 1.70. The van der Waals surface area contributed by atoms with Gasteiger partial charge in [0.05, 0.1) is 11.1 Å². The first kappa shape index (κ1) is 14.1. The second-order valence-electron chi connectivity index (χ2n) is 5.57. The Bertz CT molecular complexity index is 484. The van der Waals surface area contributed by atoms with E-state index in [2.05, 4.69) is 26.1 Å². The molecule has 0 unspecified atom stereocenters. The molecule has 1 aromatic carbocycles. The maximum absolute atomic E-state index is 8.92. The molecule has 3 nitrogen and oxygen atoms in total. The smallest absolute Gasteiger partial charge is 0.101 e. The Morgan fingerprint density at radius 1 is 1.11 bits per heavy atom. The first-order valence-corrected chi connectivity index (χ1v) is 6.14. The van der Waals surface area contributed by atoms with Crippen LogP contribution in [0.2, 0.25) is 0 Å². The zero-order valence-electron chi connectivity index (χ0n) is 11.2. The molecular weight excluding hydrogens is 222 g/mol. The van der Waals surface area contributed by atoms with E-state index >= 15 is 0 Å². The molecule has 0 radical (unpaired) electrons. The van der Waals surface area contributed by atoms with Crippen LogP contribution >= 0.6 is 0 Å². The molecule has 0 heterocycles. The second-order valence-corrected chi connectivity index (χ2v) is 5.57.